The van der Waals surface area contributed by atoms with E-state index in [1.54, 1.807) is 0 Å². The van der Waals surface area contributed by atoms with Crippen LogP contribution >= 0.6 is 0 Å². The maximum atomic E-state index is 3.87. The van der Waals surface area contributed by atoms with Gasteiger partial charge in [0.05, 0.1) is 0 Å². The van der Waals surface area contributed by atoms with Crippen molar-refractivity contribution in [3.8, 4) is 0 Å². The molecule has 0 aromatic rings. The molecule has 17 heavy (non-hydrogen) atoms. The first-order valence-electron chi connectivity index (χ1n) is 7.89. The Hall–Kier alpha value is -0.0400. The van der Waals surface area contributed by atoms with Crippen molar-refractivity contribution >= 4 is 0 Å². The van der Waals surface area contributed by atoms with E-state index in [-0.39, 0.29) is 0 Å². The lowest BCUT2D eigenvalue weighted by Crippen LogP contribution is -2.38. The van der Waals surface area contributed by atoms with Crippen LogP contribution in [0.2, 0.25) is 0 Å². The van der Waals surface area contributed by atoms with Crippen LogP contribution in [0.3, 0.4) is 0 Å². The summed E-state index contributed by atoms with van der Waals surface area (Å²) in [6.45, 7) is 8.40. The second-order valence-electron chi connectivity index (χ2n) is 6.90. The largest absolute Gasteiger partial charge is 0.313 e. The lowest BCUT2D eigenvalue weighted by atomic mass is 9.83. The molecule has 2 aliphatic carbocycles. The van der Waals surface area contributed by atoms with E-state index >= 15 is 0 Å². The van der Waals surface area contributed by atoms with E-state index in [4.69, 9.17) is 0 Å². The van der Waals surface area contributed by atoms with E-state index < -0.39 is 0 Å². The Bertz CT molecular complexity index is 222. The van der Waals surface area contributed by atoms with Gasteiger partial charge in [0.2, 0.25) is 0 Å². The minimum Gasteiger partial charge on any atom is -0.313 e. The molecule has 1 heteroatoms. The van der Waals surface area contributed by atoms with Gasteiger partial charge in [-0.15, -0.1) is 0 Å². The number of nitrogens with one attached hydrogen (secondary N) is 1. The minimum absolute atomic E-state index is 0.681. The van der Waals surface area contributed by atoms with Crippen molar-refractivity contribution in [2.45, 2.75) is 78.2 Å². The van der Waals surface area contributed by atoms with Crippen molar-refractivity contribution in [2.75, 3.05) is 6.54 Å². The molecule has 0 saturated heterocycles. The summed E-state index contributed by atoms with van der Waals surface area (Å²) >= 11 is 0. The highest BCUT2D eigenvalue weighted by Gasteiger charge is 2.45. The van der Waals surface area contributed by atoms with Gasteiger partial charge < -0.3 is 5.32 Å². The van der Waals surface area contributed by atoms with E-state index in [1.807, 2.05) is 0 Å². The zero-order valence-electron chi connectivity index (χ0n) is 12.1. The molecule has 0 radical (unpaired) electrons. The summed E-state index contributed by atoms with van der Waals surface area (Å²) < 4.78 is 0. The van der Waals surface area contributed by atoms with Crippen LogP contribution < -0.4 is 5.32 Å². The molecule has 100 valence electrons. The molecule has 0 atom stereocenters. The highest BCUT2D eigenvalue weighted by molar-refractivity contribution is 4.97. The Morgan fingerprint density at radius 3 is 2.24 bits per heavy atom. The molecule has 1 nitrogen and oxygen atoms in total. The van der Waals surface area contributed by atoms with Crippen LogP contribution in [0.1, 0.15) is 72.1 Å². The molecule has 0 bridgehead atoms. The van der Waals surface area contributed by atoms with E-state index in [2.05, 4.69) is 26.1 Å². The Labute approximate surface area is 108 Å². The van der Waals surface area contributed by atoms with Gasteiger partial charge in [-0.2, -0.15) is 0 Å². The number of hydrogen-bond acceptors (Lipinski definition) is 1. The van der Waals surface area contributed by atoms with Crippen LogP contribution in [0.5, 0.6) is 0 Å². The zero-order valence-corrected chi connectivity index (χ0v) is 12.1. The molecule has 2 aliphatic rings. The van der Waals surface area contributed by atoms with Gasteiger partial charge in [0.15, 0.2) is 0 Å². The topological polar surface area (TPSA) is 12.0 Å². The fourth-order valence-corrected chi connectivity index (χ4v) is 3.53. The average Bonchev–Trinajstić information content (AvgIpc) is 3.10. The van der Waals surface area contributed by atoms with Crippen LogP contribution in [0.25, 0.3) is 0 Å². The molecule has 0 amide bonds. The van der Waals surface area contributed by atoms with Gasteiger partial charge in [-0.1, -0.05) is 33.6 Å². The molecule has 2 fully saturated rings. The predicted molar refractivity (Wildman–Crippen MR) is 75.2 cm³/mol. The van der Waals surface area contributed by atoms with Crippen molar-refractivity contribution in [1.29, 1.82) is 0 Å². The van der Waals surface area contributed by atoms with Crippen molar-refractivity contribution < 1.29 is 0 Å². The van der Waals surface area contributed by atoms with Gasteiger partial charge in [-0.05, 0) is 55.8 Å². The highest BCUT2D eigenvalue weighted by atomic mass is 14.9. The van der Waals surface area contributed by atoms with Crippen molar-refractivity contribution in [2.24, 2.45) is 17.3 Å². The maximum absolute atomic E-state index is 3.87. The van der Waals surface area contributed by atoms with Crippen molar-refractivity contribution in [1.82, 2.24) is 5.32 Å². The molecule has 0 spiro atoms. The Balaban J connectivity index is 1.65. The standard InChI is InChI=1S/C16H31N/c1-4-5-14-6-8-15(9-7-14)17-12-16(10-11-16)13(2)3/h13-15,17H,4-12H2,1-3H3. The van der Waals surface area contributed by atoms with Gasteiger partial charge >= 0.3 is 0 Å². The van der Waals surface area contributed by atoms with Crippen LogP contribution in [-0.4, -0.2) is 12.6 Å². The fourth-order valence-electron chi connectivity index (χ4n) is 3.53. The monoisotopic (exact) mass is 237 g/mol. The van der Waals surface area contributed by atoms with Gasteiger partial charge in [-0.25, -0.2) is 0 Å². The number of hydrogen-bond donors (Lipinski definition) is 1. The molecule has 1 N–H and O–H groups in total. The summed E-state index contributed by atoms with van der Waals surface area (Å²) in [5.74, 6) is 1.91. The fraction of sp³-hybridized carbons (Fsp3) is 1.00. The summed E-state index contributed by atoms with van der Waals surface area (Å²) in [5, 5.41) is 3.87. The third kappa shape index (κ3) is 3.47. The normalized spacial score (nSPS) is 31.8. The molecule has 0 aromatic heterocycles. The molecule has 0 unspecified atom stereocenters. The second kappa shape index (κ2) is 5.73. The minimum atomic E-state index is 0.681. The summed E-state index contributed by atoms with van der Waals surface area (Å²) in [4.78, 5) is 0. The Morgan fingerprint density at radius 1 is 1.12 bits per heavy atom. The quantitative estimate of drug-likeness (QED) is 0.723. The number of rotatable bonds is 6. The van der Waals surface area contributed by atoms with Gasteiger partial charge in [0.1, 0.15) is 0 Å². The summed E-state index contributed by atoms with van der Waals surface area (Å²) in [5.41, 5.74) is 0.681. The van der Waals surface area contributed by atoms with Gasteiger partial charge in [0.25, 0.3) is 0 Å². The summed E-state index contributed by atoms with van der Waals surface area (Å²) in [7, 11) is 0. The first-order chi connectivity index (χ1) is 8.16. The maximum Gasteiger partial charge on any atom is 0.00675 e. The molecular formula is C16H31N. The molecule has 2 saturated carbocycles. The predicted octanol–water partition coefficient (Wildman–Crippen LogP) is 4.37. The Kier molecular flexibility index (Phi) is 4.52. The zero-order chi connectivity index (χ0) is 12.3. The van der Waals surface area contributed by atoms with Gasteiger partial charge in [-0.3, -0.25) is 0 Å². The molecular weight excluding hydrogens is 206 g/mol. The van der Waals surface area contributed by atoms with Gasteiger partial charge in [0, 0.05) is 12.6 Å². The molecule has 0 heterocycles. The van der Waals surface area contributed by atoms with Crippen LogP contribution in [0, 0.1) is 17.3 Å². The van der Waals surface area contributed by atoms with Crippen LogP contribution in [0.15, 0.2) is 0 Å². The lowest BCUT2D eigenvalue weighted by molar-refractivity contribution is 0.250. The smallest absolute Gasteiger partial charge is 0.00675 e. The van der Waals surface area contributed by atoms with Crippen molar-refractivity contribution in [3.63, 3.8) is 0 Å². The molecule has 2 rings (SSSR count). The second-order valence-corrected chi connectivity index (χ2v) is 6.90. The third-order valence-corrected chi connectivity index (χ3v) is 5.40. The van der Waals surface area contributed by atoms with E-state index in [1.165, 1.54) is 57.9 Å². The van der Waals surface area contributed by atoms with Crippen molar-refractivity contribution in [3.05, 3.63) is 0 Å². The molecule has 0 aromatic carbocycles. The van der Waals surface area contributed by atoms with E-state index in [0.29, 0.717) is 5.41 Å². The third-order valence-electron chi connectivity index (χ3n) is 5.40. The van der Waals surface area contributed by atoms with E-state index in [9.17, 15) is 0 Å². The average molecular weight is 237 g/mol. The van der Waals surface area contributed by atoms with Crippen LogP contribution in [0.4, 0.5) is 0 Å². The highest BCUT2D eigenvalue weighted by Crippen LogP contribution is 2.51. The SMILES string of the molecule is CCCC1CCC(NCC2(C(C)C)CC2)CC1. The summed E-state index contributed by atoms with van der Waals surface area (Å²) in [6, 6.07) is 0.833. The first kappa shape index (κ1) is 13.4. The molecule has 0 aliphatic heterocycles. The Morgan fingerprint density at radius 2 is 1.76 bits per heavy atom. The summed E-state index contributed by atoms with van der Waals surface area (Å²) in [6.07, 6.45) is 11.6. The van der Waals surface area contributed by atoms with Crippen LogP contribution in [-0.2, 0) is 0 Å². The van der Waals surface area contributed by atoms with E-state index in [0.717, 1.165) is 17.9 Å². The first-order valence-corrected chi connectivity index (χ1v) is 7.89. The lowest BCUT2D eigenvalue weighted by Gasteiger charge is -2.31.